The zero-order chi connectivity index (χ0) is 25.3. The number of anilines is 2. The molecule has 2 N–H and O–H groups in total. The number of amides is 2. The van der Waals surface area contributed by atoms with Gasteiger partial charge in [-0.2, -0.15) is 0 Å². The third-order valence-corrected chi connectivity index (χ3v) is 6.60. The predicted molar refractivity (Wildman–Crippen MR) is 147 cm³/mol. The molecule has 0 radical (unpaired) electrons. The van der Waals surface area contributed by atoms with Crippen LogP contribution in [0.3, 0.4) is 0 Å². The van der Waals surface area contributed by atoms with Crippen LogP contribution in [0.15, 0.2) is 42.5 Å². The molecular formula is C28H41ClN4O2. The van der Waals surface area contributed by atoms with Crippen molar-refractivity contribution < 1.29 is 9.53 Å². The predicted octanol–water partition coefficient (Wildman–Crippen LogP) is 6.15. The van der Waals surface area contributed by atoms with Gasteiger partial charge in [-0.25, -0.2) is 4.79 Å². The van der Waals surface area contributed by atoms with Gasteiger partial charge in [-0.15, -0.1) is 0 Å². The highest BCUT2D eigenvalue weighted by Crippen LogP contribution is 2.32. The Kier molecular flexibility index (Phi) is 10.1. The van der Waals surface area contributed by atoms with E-state index in [-0.39, 0.29) is 11.4 Å². The van der Waals surface area contributed by atoms with Crippen LogP contribution in [-0.2, 0) is 5.41 Å². The van der Waals surface area contributed by atoms with Gasteiger partial charge in [0.1, 0.15) is 5.75 Å². The molecule has 3 rings (SSSR count). The molecule has 192 valence electrons. The third kappa shape index (κ3) is 8.62. The van der Waals surface area contributed by atoms with E-state index < -0.39 is 0 Å². The lowest BCUT2D eigenvalue weighted by atomic mass is 9.87. The molecule has 1 fully saturated rings. The maximum absolute atomic E-state index is 12.4. The van der Waals surface area contributed by atoms with Crippen LogP contribution in [0.1, 0.15) is 52.5 Å². The van der Waals surface area contributed by atoms with Crippen molar-refractivity contribution in [1.29, 1.82) is 0 Å². The summed E-state index contributed by atoms with van der Waals surface area (Å²) in [6, 6.07) is 14.0. The number of carbonyl (C=O) groups is 1. The monoisotopic (exact) mass is 500 g/mol. The first kappa shape index (κ1) is 27.2. The molecule has 2 aromatic carbocycles. The van der Waals surface area contributed by atoms with E-state index in [1.54, 1.807) is 0 Å². The first-order valence-electron chi connectivity index (χ1n) is 12.8. The van der Waals surface area contributed by atoms with E-state index in [4.69, 9.17) is 16.3 Å². The molecule has 0 saturated carbocycles. The van der Waals surface area contributed by atoms with E-state index in [9.17, 15) is 4.79 Å². The minimum absolute atomic E-state index is 0.0121. The van der Waals surface area contributed by atoms with Crippen molar-refractivity contribution in [1.82, 2.24) is 10.2 Å². The van der Waals surface area contributed by atoms with E-state index in [0.717, 1.165) is 74.0 Å². The van der Waals surface area contributed by atoms with Crippen LogP contribution >= 0.6 is 11.6 Å². The highest BCUT2D eigenvalue weighted by Gasteiger charge is 2.19. The lowest BCUT2D eigenvalue weighted by Crippen LogP contribution is -2.46. The summed E-state index contributed by atoms with van der Waals surface area (Å²) in [6.07, 6.45) is 2.95. The van der Waals surface area contributed by atoms with Crippen molar-refractivity contribution >= 4 is 29.0 Å². The summed E-state index contributed by atoms with van der Waals surface area (Å²) >= 11 is 6.01. The van der Waals surface area contributed by atoms with Crippen molar-refractivity contribution in [2.75, 3.05) is 56.1 Å². The SMILES string of the molecule is CCCCNC(=O)Nc1cc(C(C)(C)C)ccc1OCCCN1CCN(c2ccc(Cl)cc2)CC1. The molecule has 0 aromatic heterocycles. The van der Waals surface area contributed by atoms with Gasteiger partial charge in [0.15, 0.2) is 0 Å². The normalized spacial score (nSPS) is 14.6. The average molecular weight is 501 g/mol. The number of urea groups is 1. The lowest BCUT2D eigenvalue weighted by Gasteiger charge is -2.36. The molecule has 1 aliphatic heterocycles. The third-order valence-electron chi connectivity index (χ3n) is 6.35. The second kappa shape index (κ2) is 13.0. The average Bonchev–Trinajstić information content (AvgIpc) is 2.83. The van der Waals surface area contributed by atoms with Gasteiger partial charge in [-0.1, -0.05) is 51.8 Å². The van der Waals surface area contributed by atoms with Crippen molar-refractivity contribution in [2.24, 2.45) is 0 Å². The van der Waals surface area contributed by atoms with Crippen molar-refractivity contribution in [3.63, 3.8) is 0 Å². The molecular weight excluding hydrogens is 460 g/mol. The fourth-order valence-corrected chi connectivity index (χ4v) is 4.24. The number of nitrogens with zero attached hydrogens (tertiary/aromatic N) is 2. The summed E-state index contributed by atoms with van der Waals surface area (Å²) in [4.78, 5) is 17.3. The number of rotatable bonds is 10. The quantitative estimate of drug-likeness (QED) is 0.384. The molecule has 1 aliphatic rings. The minimum atomic E-state index is -0.187. The Morgan fingerprint density at radius 1 is 1.03 bits per heavy atom. The van der Waals surface area contributed by atoms with Gasteiger partial charge < -0.3 is 20.3 Å². The number of hydrogen-bond acceptors (Lipinski definition) is 4. The molecule has 0 atom stereocenters. The Labute approximate surface area is 216 Å². The number of halogens is 1. The zero-order valence-corrected chi connectivity index (χ0v) is 22.5. The second-order valence-corrected chi connectivity index (χ2v) is 10.6. The van der Waals surface area contributed by atoms with E-state index in [2.05, 4.69) is 66.3 Å². The highest BCUT2D eigenvalue weighted by molar-refractivity contribution is 6.30. The molecule has 0 aliphatic carbocycles. The number of hydrogen-bond donors (Lipinski definition) is 2. The van der Waals surface area contributed by atoms with Crippen molar-refractivity contribution in [3.05, 3.63) is 53.1 Å². The summed E-state index contributed by atoms with van der Waals surface area (Å²) in [7, 11) is 0. The number of benzene rings is 2. The molecule has 0 spiro atoms. The topological polar surface area (TPSA) is 56.8 Å². The Hall–Kier alpha value is -2.44. The number of piperazine rings is 1. The second-order valence-electron chi connectivity index (χ2n) is 10.2. The molecule has 2 amide bonds. The fourth-order valence-electron chi connectivity index (χ4n) is 4.12. The van der Waals surface area contributed by atoms with Gasteiger partial charge in [0.2, 0.25) is 0 Å². The van der Waals surface area contributed by atoms with Crippen LogP contribution in [0.5, 0.6) is 5.75 Å². The van der Waals surface area contributed by atoms with Crippen molar-refractivity contribution in [3.8, 4) is 5.75 Å². The molecule has 1 saturated heterocycles. The highest BCUT2D eigenvalue weighted by atomic mass is 35.5. The molecule has 0 unspecified atom stereocenters. The van der Waals surface area contributed by atoms with Crippen LogP contribution in [0.2, 0.25) is 5.02 Å². The van der Waals surface area contributed by atoms with Gasteiger partial charge in [0, 0.05) is 50.0 Å². The van der Waals surface area contributed by atoms with Gasteiger partial charge in [-0.3, -0.25) is 4.90 Å². The van der Waals surface area contributed by atoms with E-state index >= 15 is 0 Å². The Balaban J connectivity index is 1.48. The summed E-state index contributed by atoms with van der Waals surface area (Å²) in [5.41, 5.74) is 3.10. The lowest BCUT2D eigenvalue weighted by molar-refractivity contribution is 0.225. The largest absolute Gasteiger partial charge is 0.491 e. The summed E-state index contributed by atoms with van der Waals surface area (Å²) in [5, 5.41) is 6.69. The van der Waals surface area contributed by atoms with E-state index in [1.807, 2.05) is 24.3 Å². The van der Waals surface area contributed by atoms with Crippen LogP contribution in [0.25, 0.3) is 0 Å². The maximum Gasteiger partial charge on any atom is 0.319 e. The Morgan fingerprint density at radius 2 is 1.74 bits per heavy atom. The standard InChI is InChI=1S/C28H41ClN4O2/c1-5-6-14-30-27(34)31-25-21-22(28(2,3)4)8-13-26(25)35-20-7-15-32-16-18-33(19-17-32)24-11-9-23(29)10-12-24/h8-13,21H,5-7,14-20H2,1-4H3,(H2,30,31,34). The Morgan fingerprint density at radius 3 is 2.40 bits per heavy atom. The van der Waals surface area contributed by atoms with Crippen LogP contribution in [-0.4, -0.2) is 56.8 Å². The number of ether oxygens (including phenoxy) is 1. The fraction of sp³-hybridized carbons (Fsp3) is 0.536. The maximum atomic E-state index is 12.4. The summed E-state index contributed by atoms with van der Waals surface area (Å²) in [6.45, 7) is 15.0. The van der Waals surface area contributed by atoms with Crippen LogP contribution < -0.4 is 20.3 Å². The van der Waals surface area contributed by atoms with Gasteiger partial charge in [0.05, 0.1) is 12.3 Å². The van der Waals surface area contributed by atoms with Crippen LogP contribution in [0, 0.1) is 0 Å². The molecule has 6 nitrogen and oxygen atoms in total. The number of unbranched alkanes of at least 4 members (excludes halogenated alkanes) is 1. The molecule has 35 heavy (non-hydrogen) atoms. The number of nitrogens with one attached hydrogen (secondary N) is 2. The molecule has 1 heterocycles. The van der Waals surface area contributed by atoms with E-state index in [0.29, 0.717) is 13.2 Å². The molecule has 7 heteroatoms. The summed E-state index contributed by atoms with van der Waals surface area (Å²) < 4.78 is 6.13. The minimum Gasteiger partial charge on any atom is -0.491 e. The Bertz CT molecular complexity index is 935. The van der Waals surface area contributed by atoms with Gasteiger partial charge in [-0.05, 0) is 60.2 Å². The molecule has 2 aromatic rings. The number of carbonyl (C=O) groups excluding carboxylic acids is 1. The van der Waals surface area contributed by atoms with Gasteiger partial charge in [0.25, 0.3) is 0 Å². The van der Waals surface area contributed by atoms with Crippen LogP contribution in [0.4, 0.5) is 16.2 Å². The first-order chi connectivity index (χ1) is 16.8. The van der Waals surface area contributed by atoms with E-state index in [1.165, 1.54) is 5.69 Å². The smallest absolute Gasteiger partial charge is 0.319 e. The zero-order valence-electron chi connectivity index (χ0n) is 21.7. The first-order valence-corrected chi connectivity index (χ1v) is 13.2. The molecule has 0 bridgehead atoms. The summed E-state index contributed by atoms with van der Waals surface area (Å²) in [5.74, 6) is 0.719. The van der Waals surface area contributed by atoms with Crippen molar-refractivity contribution in [2.45, 2.75) is 52.4 Å². The van der Waals surface area contributed by atoms with Gasteiger partial charge >= 0.3 is 6.03 Å².